The summed E-state index contributed by atoms with van der Waals surface area (Å²) in [6, 6.07) is 0. The van der Waals surface area contributed by atoms with Crippen LogP contribution in [0, 0.1) is 0 Å². The summed E-state index contributed by atoms with van der Waals surface area (Å²) in [5, 5.41) is 0. The maximum Gasteiger partial charge on any atom is 0.306 e. The SMILES string of the molecule is CC/C=C\C/C=C\C/C=C\C/C=C\C/C=C\C/C=C\C/C=C\C/C=C\C/C=C\C/C=C\C/C=C\C/C=C\CCCCC(=O)OC(COC(=O)CCCCCCCCCCCCCCCCCCCC/C=C\C/C=C\C/C=C\C/C=C\C/C=C\C/C=C\CC)COP(=O)([O-])OCC[N+](C)(C)C. The Morgan fingerprint density at radius 2 is 0.540 bits per heavy atom. The quantitative estimate of drug-likeness (QED) is 0.0195. The van der Waals surface area contributed by atoms with Crippen molar-refractivity contribution in [3.63, 3.8) is 0 Å². The Labute approximate surface area is 614 Å². The molecule has 0 aliphatic heterocycles. The number of nitrogens with zero attached hydrogens (tertiary/aromatic N) is 1. The molecule has 9 nitrogen and oxygen atoms in total. The molecule has 0 rings (SSSR count). The van der Waals surface area contributed by atoms with Gasteiger partial charge in [-0.2, -0.15) is 0 Å². The maximum atomic E-state index is 12.9. The van der Waals surface area contributed by atoms with Gasteiger partial charge in [-0.1, -0.05) is 335 Å². The van der Waals surface area contributed by atoms with Crippen LogP contribution < -0.4 is 4.89 Å². The molecule has 0 spiro atoms. The number of hydrogen-bond donors (Lipinski definition) is 0. The molecule has 562 valence electrons. The Bertz CT molecular complexity index is 2500. The molecule has 2 atom stereocenters. The molecule has 0 heterocycles. The highest BCUT2D eigenvalue weighted by molar-refractivity contribution is 7.45. The van der Waals surface area contributed by atoms with Crippen LogP contribution in [0.15, 0.2) is 219 Å². The first-order chi connectivity index (χ1) is 49.0. The summed E-state index contributed by atoms with van der Waals surface area (Å²) in [5.74, 6) is -0.893. The second-order valence-electron chi connectivity index (χ2n) is 26.6. The van der Waals surface area contributed by atoms with Gasteiger partial charge in [0.15, 0.2) is 6.10 Å². The zero-order valence-corrected chi connectivity index (χ0v) is 64.9. The van der Waals surface area contributed by atoms with Crippen LogP contribution in [-0.2, 0) is 32.7 Å². The third-order valence-corrected chi connectivity index (χ3v) is 17.0. The van der Waals surface area contributed by atoms with E-state index in [1.807, 2.05) is 21.1 Å². The average Bonchev–Trinajstić information content (AvgIpc) is 1.07. The fourth-order valence-corrected chi connectivity index (χ4v) is 10.8. The van der Waals surface area contributed by atoms with Gasteiger partial charge in [0.2, 0.25) is 0 Å². The highest BCUT2D eigenvalue weighted by atomic mass is 31.2. The number of carbonyl (C=O) groups is 2. The Balaban J connectivity index is 4.13. The maximum absolute atomic E-state index is 12.9. The number of hydrogen-bond acceptors (Lipinski definition) is 8. The van der Waals surface area contributed by atoms with E-state index >= 15 is 0 Å². The second-order valence-corrected chi connectivity index (χ2v) is 28.0. The summed E-state index contributed by atoms with van der Waals surface area (Å²) in [7, 11) is 1.11. The molecular weight excluding hydrogens is 1250 g/mol. The molecule has 0 N–H and O–H groups in total. The number of phosphoric acid groups is 1. The molecule has 0 bridgehead atoms. The summed E-state index contributed by atoms with van der Waals surface area (Å²) >= 11 is 0. The molecule has 0 fully saturated rings. The number of allylic oxidation sites excluding steroid dienone is 36. The number of unbranched alkanes of at least 4 members (excludes halogenated alkanes) is 20. The largest absolute Gasteiger partial charge is 0.756 e. The minimum atomic E-state index is -4.67. The Morgan fingerprint density at radius 1 is 0.310 bits per heavy atom. The predicted octanol–water partition coefficient (Wildman–Crippen LogP) is 26.1. The van der Waals surface area contributed by atoms with Gasteiger partial charge in [-0.25, -0.2) is 0 Å². The van der Waals surface area contributed by atoms with Crippen molar-refractivity contribution in [1.29, 1.82) is 0 Å². The molecule has 0 aromatic rings. The lowest BCUT2D eigenvalue weighted by Crippen LogP contribution is -2.37. The van der Waals surface area contributed by atoms with Gasteiger partial charge < -0.3 is 27.9 Å². The molecule has 0 saturated carbocycles. The number of rotatable bonds is 70. The summed E-state index contributed by atoms with van der Waals surface area (Å²) in [4.78, 5) is 38.2. The molecule has 0 radical (unpaired) electrons. The van der Waals surface area contributed by atoms with E-state index < -0.39 is 32.5 Å². The van der Waals surface area contributed by atoms with Crippen LogP contribution in [-0.4, -0.2) is 70.0 Å². The summed E-state index contributed by atoms with van der Waals surface area (Å²) in [6.07, 6.45) is 123. The first-order valence-electron chi connectivity index (χ1n) is 39.4. The molecule has 0 aliphatic carbocycles. The average molecular weight is 1400 g/mol. The Morgan fingerprint density at radius 3 is 0.820 bits per heavy atom. The minimum Gasteiger partial charge on any atom is -0.756 e. The van der Waals surface area contributed by atoms with Crippen LogP contribution in [0.5, 0.6) is 0 Å². The number of likely N-dealkylation sites (N-methyl/N-ethyl adjacent to an activating group) is 1. The van der Waals surface area contributed by atoms with Crippen LogP contribution in [0.2, 0.25) is 0 Å². The van der Waals surface area contributed by atoms with Crippen LogP contribution in [0.4, 0.5) is 0 Å². The van der Waals surface area contributed by atoms with E-state index in [0.29, 0.717) is 23.9 Å². The highest BCUT2D eigenvalue weighted by Crippen LogP contribution is 2.38. The lowest BCUT2D eigenvalue weighted by Gasteiger charge is -2.28. The van der Waals surface area contributed by atoms with Gasteiger partial charge in [-0.3, -0.25) is 14.2 Å². The molecule has 0 aliphatic rings. The van der Waals surface area contributed by atoms with Crippen molar-refractivity contribution in [1.82, 2.24) is 0 Å². The fraction of sp³-hybridized carbons (Fsp3) is 0.578. The van der Waals surface area contributed by atoms with Gasteiger partial charge in [-0.05, 0) is 154 Å². The third kappa shape index (κ3) is 81.3. The van der Waals surface area contributed by atoms with Crippen LogP contribution in [0.1, 0.15) is 284 Å². The predicted molar refractivity (Wildman–Crippen MR) is 433 cm³/mol. The second kappa shape index (κ2) is 77.5. The number of carbonyl (C=O) groups excluding carboxylic acids is 2. The van der Waals surface area contributed by atoms with Gasteiger partial charge in [0, 0.05) is 12.8 Å². The van der Waals surface area contributed by atoms with Crippen molar-refractivity contribution in [2.45, 2.75) is 290 Å². The number of quaternary nitrogens is 1. The fourth-order valence-electron chi connectivity index (χ4n) is 10.1. The lowest BCUT2D eigenvalue weighted by atomic mass is 10.0. The van der Waals surface area contributed by atoms with Gasteiger partial charge in [0.05, 0.1) is 27.7 Å². The van der Waals surface area contributed by atoms with Crippen molar-refractivity contribution in [2.24, 2.45) is 0 Å². The van der Waals surface area contributed by atoms with Crippen LogP contribution in [0.25, 0.3) is 0 Å². The minimum absolute atomic E-state index is 0.0497. The molecule has 2 unspecified atom stereocenters. The standard InChI is InChI=1S/C90H144NO8P/c1-6-8-10-12-14-16-18-20-22-24-26-28-30-32-34-36-38-40-42-44-45-47-49-51-53-55-57-59-61-63-65-67-69-71-73-75-77-79-81-83-90(93)99-88(87-98-100(94,95)97-85-84-91(3,4)5)86-96-89(92)82-80-78-76-74-72-70-68-66-64-62-60-58-56-54-52-50-48-46-43-41-39-37-35-33-31-29-27-25-23-21-19-17-15-13-11-9-7-2/h8-11,14-17,20-23,26-29,32-35,38-41,44-45,49,51,55,57,61,63,67,69,73,75,88H,6-7,12-13,18-19,24-25,30-31,36-37,42-43,46-48,50,52-54,56,58-60,62,64-66,68,70-72,74,76-87H2,1-5H3/b10-8-,11-9-,16-14-,17-15-,22-20-,23-21-,28-26-,29-27-,34-32-,35-33-,40-38-,41-39-,45-44-,51-49-,57-55-,63-61-,69-67-,75-73-. The normalized spacial score (nSPS) is 14.3. The van der Waals surface area contributed by atoms with E-state index in [9.17, 15) is 19.0 Å². The van der Waals surface area contributed by atoms with Crippen LogP contribution in [0.3, 0.4) is 0 Å². The van der Waals surface area contributed by atoms with E-state index in [1.54, 1.807) is 0 Å². The van der Waals surface area contributed by atoms with E-state index in [4.69, 9.17) is 18.5 Å². The summed E-state index contributed by atoms with van der Waals surface area (Å²) in [6.45, 7) is 3.95. The van der Waals surface area contributed by atoms with Crippen molar-refractivity contribution >= 4 is 19.8 Å². The number of ether oxygens (including phenoxy) is 2. The molecule has 10 heteroatoms. The van der Waals surface area contributed by atoms with E-state index in [-0.39, 0.29) is 26.1 Å². The zero-order chi connectivity index (χ0) is 72.5. The Kier molecular flexibility index (Phi) is 73.1. The molecule has 0 amide bonds. The molecular formula is C90H144NO8P. The van der Waals surface area contributed by atoms with Gasteiger partial charge in [0.25, 0.3) is 7.82 Å². The van der Waals surface area contributed by atoms with Gasteiger partial charge in [0.1, 0.15) is 19.8 Å². The summed E-state index contributed by atoms with van der Waals surface area (Å²) in [5.41, 5.74) is 0. The van der Waals surface area contributed by atoms with E-state index in [1.165, 1.54) is 96.3 Å². The van der Waals surface area contributed by atoms with E-state index in [0.717, 1.165) is 148 Å². The lowest BCUT2D eigenvalue weighted by molar-refractivity contribution is -0.870. The monoisotopic (exact) mass is 1400 g/mol. The van der Waals surface area contributed by atoms with Crippen LogP contribution >= 0.6 is 7.82 Å². The number of phosphoric ester groups is 1. The first kappa shape index (κ1) is 94.3. The first-order valence-corrected chi connectivity index (χ1v) is 40.9. The molecule has 0 saturated heterocycles. The van der Waals surface area contributed by atoms with Gasteiger partial charge in [-0.15, -0.1) is 0 Å². The highest BCUT2D eigenvalue weighted by Gasteiger charge is 2.22. The van der Waals surface area contributed by atoms with Crippen molar-refractivity contribution in [2.75, 3.05) is 47.5 Å². The van der Waals surface area contributed by atoms with Crippen molar-refractivity contribution < 1.29 is 42.1 Å². The molecule has 0 aromatic carbocycles. The Hall–Kier alpha value is -5.67. The van der Waals surface area contributed by atoms with Gasteiger partial charge >= 0.3 is 11.9 Å². The van der Waals surface area contributed by atoms with Crippen molar-refractivity contribution in [3.05, 3.63) is 219 Å². The van der Waals surface area contributed by atoms with E-state index in [2.05, 4.69) is 233 Å². The topological polar surface area (TPSA) is 111 Å². The smallest absolute Gasteiger partial charge is 0.306 e. The molecule has 100 heavy (non-hydrogen) atoms. The number of esters is 2. The van der Waals surface area contributed by atoms with Crippen molar-refractivity contribution in [3.8, 4) is 0 Å². The third-order valence-electron chi connectivity index (χ3n) is 16.0. The zero-order valence-electron chi connectivity index (χ0n) is 64.0. The molecule has 0 aromatic heterocycles. The summed E-state index contributed by atoms with van der Waals surface area (Å²) < 4.78 is 34.3.